The van der Waals surface area contributed by atoms with Gasteiger partial charge in [-0.25, -0.2) is 13.6 Å². The molecule has 2 rings (SSSR count). The largest absolute Gasteiger partial charge is 0.354 e. The highest BCUT2D eigenvalue weighted by atomic mass is 35.5. The second-order valence-corrected chi connectivity index (χ2v) is 8.38. The second-order valence-electron chi connectivity index (χ2n) is 6.41. The molecular formula is C19H24ClN3O3S. The molecule has 0 aromatic heterocycles. The lowest BCUT2D eigenvalue weighted by molar-refractivity contribution is -0.125. The van der Waals surface area contributed by atoms with Gasteiger partial charge in [0, 0.05) is 18.1 Å². The van der Waals surface area contributed by atoms with E-state index in [-0.39, 0.29) is 16.8 Å². The Labute approximate surface area is 165 Å². The van der Waals surface area contributed by atoms with E-state index in [4.69, 9.17) is 16.7 Å². The van der Waals surface area contributed by atoms with Crippen molar-refractivity contribution < 1.29 is 13.2 Å². The lowest BCUT2D eigenvalue weighted by Crippen LogP contribution is -2.43. The molecule has 1 amide bonds. The summed E-state index contributed by atoms with van der Waals surface area (Å²) in [5, 5.41) is 8.66. The summed E-state index contributed by atoms with van der Waals surface area (Å²) in [6.45, 7) is 2.87. The van der Waals surface area contributed by atoms with E-state index in [1.807, 2.05) is 43.1 Å². The number of nitrogens with two attached hydrogens (primary N) is 1. The Balaban J connectivity index is 1.83. The molecule has 27 heavy (non-hydrogen) atoms. The van der Waals surface area contributed by atoms with Crippen LogP contribution in [0.1, 0.15) is 18.1 Å². The minimum Gasteiger partial charge on any atom is -0.354 e. The van der Waals surface area contributed by atoms with Crippen molar-refractivity contribution in [1.82, 2.24) is 10.2 Å². The van der Waals surface area contributed by atoms with E-state index >= 15 is 0 Å². The Morgan fingerprint density at radius 2 is 1.81 bits per heavy atom. The van der Waals surface area contributed by atoms with Crippen LogP contribution in [0.25, 0.3) is 0 Å². The third-order valence-corrected chi connectivity index (χ3v) is 5.68. The maximum Gasteiger partial charge on any atom is 0.238 e. The van der Waals surface area contributed by atoms with E-state index in [0.29, 0.717) is 24.5 Å². The fraction of sp³-hybridized carbons (Fsp3) is 0.316. The van der Waals surface area contributed by atoms with Gasteiger partial charge in [-0.05, 0) is 49.7 Å². The Morgan fingerprint density at radius 3 is 2.41 bits per heavy atom. The molecule has 1 atom stereocenters. The number of nitrogens with one attached hydrogen (secondary N) is 1. The van der Waals surface area contributed by atoms with Crippen molar-refractivity contribution >= 4 is 27.5 Å². The smallest absolute Gasteiger partial charge is 0.238 e. The highest BCUT2D eigenvalue weighted by Crippen LogP contribution is 2.17. The van der Waals surface area contributed by atoms with Crippen LogP contribution in [-0.4, -0.2) is 38.9 Å². The topological polar surface area (TPSA) is 92.5 Å². The van der Waals surface area contributed by atoms with Crippen molar-refractivity contribution in [3.63, 3.8) is 0 Å². The zero-order valence-electron chi connectivity index (χ0n) is 15.4. The molecule has 0 aliphatic rings. The molecule has 0 radical (unpaired) electrons. The molecule has 1 unspecified atom stereocenters. The monoisotopic (exact) mass is 409 g/mol. The number of hydrogen-bond donors (Lipinski definition) is 2. The highest BCUT2D eigenvalue weighted by molar-refractivity contribution is 7.89. The molecule has 146 valence electrons. The van der Waals surface area contributed by atoms with Crippen LogP contribution in [0.2, 0.25) is 5.02 Å². The highest BCUT2D eigenvalue weighted by Gasteiger charge is 2.18. The van der Waals surface area contributed by atoms with Crippen molar-refractivity contribution in [3.8, 4) is 0 Å². The zero-order chi connectivity index (χ0) is 20.0. The van der Waals surface area contributed by atoms with Crippen LogP contribution in [0.5, 0.6) is 0 Å². The molecule has 2 aromatic carbocycles. The van der Waals surface area contributed by atoms with E-state index in [1.54, 1.807) is 12.1 Å². The number of rotatable bonds is 8. The Bertz CT molecular complexity index is 885. The molecule has 0 heterocycles. The lowest BCUT2D eigenvalue weighted by atomic mass is 10.1. The van der Waals surface area contributed by atoms with Gasteiger partial charge in [0.1, 0.15) is 0 Å². The number of carbonyl (C=O) groups is 1. The van der Waals surface area contributed by atoms with Gasteiger partial charge in [-0.2, -0.15) is 0 Å². The molecule has 2 aromatic rings. The number of benzene rings is 2. The molecule has 0 saturated carbocycles. The van der Waals surface area contributed by atoms with E-state index < -0.39 is 10.0 Å². The van der Waals surface area contributed by atoms with Crippen molar-refractivity contribution in [3.05, 3.63) is 64.7 Å². The standard InChI is InChI=1S/C19H24ClN3O3S/c1-14(23(2)13-16-5-3-4-6-18(16)20)19(24)22-12-11-15-7-9-17(10-8-15)27(21,25)26/h3-10,14H,11-13H2,1-2H3,(H,22,24)(H2,21,25,26). The first-order valence-electron chi connectivity index (χ1n) is 8.51. The van der Waals surface area contributed by atoms with Gasteiger partial charge in [0.25, 0.3) is 0 Å². The summed E-state index contributed by atoms with van der Waals surface area (Å²) in [6.07, 6.45) is 0.595. The molecule has 0 saturated heterocycles. The van der Waals surface area contributed by atoms with Crippen LogP contribution in [0.15, 0.2) is 53.4 Å². The van der Waals surface area contributed by atoms with Crippen molar-refractivity contribution in [2.24, 2.45) is 5.14 Å². The molecule has 0 aliphatic carbocycles. The van der Waals surface area contributed by atoms with Crippen LogP contribution < -0.4 is 10.5 Å². The van der Waals surface area contributed by atoms with Gasteiger partial charge in [-0.15, -0.1) is 0 Å². The molecule has 6 nitrogen and oxygen atoms in total. The number of likely N-dealkylation sites (N-methyl/N-ethyl adjacent to an activating group) is 1. The average Bonchev–Trinajstić information content (AvgIpc) is 2.62. The van der Waals surface area contributed by atoms with Gasteiger partial charge in [0.15, 0.2) is 0 Å². The Kier molecular flexibility index (Phi) is 7.38. The van der Waals surface area contributed by atoms with Gasteiger partial charge in [-0.1, -0.05) is 41.9 Å². The van der Waals surface area contributed by atoms with Crippen molar-refractivity contribution in [1.29, 1.82) is 0 Å². The van der Waals surface area contributed by atoms with E-state index in [0.717, 1.165) is 11.1 Å². The van der Waals surface area contributed by atoms with Gasteiger partial charge in [0.2, 0.25) is 15.9 Å². The summed E-state index contributed by atoms with van der Waals surface area (Å²) in [5.41, 5.74) is 1.89. The first-order valence-corrected chi connectivity index (χ1v) is 10.4. The third-order valence-electron chi connectivity index (χ3n) is 4.38. The van der Waals surface area contributed by atoms with Crippen LogP contribution in [0.4, 0.5) is 0 Å². The number of nitrogens with zero attached hydrogens (tertiary/aromatic N) is 1. The quantitative estimate of drug-likeness (QED) is 0.698. The molecule has 0 bridgehead atoms. The lowest BCUT2D eigenvalue weighted by Gasteiger charge is -2.24. The Hall–Kier alpha value is -1.93. The molecular weight excluding hydrogens is 386 g/mol. The molecule has 0 fully saturated rings. The first kappa shape index (κ1) is 21.4. The number of carbonyl (C=O) groups excluding carboxylic acids is 1. The van der Waals surface area contributed by atoms with Gasteiger partial charge in [-0.3, -0.25) is 9.69 Å². The average molecular weight is 410 g/mol. The number of sulfonamides is 1. The van der Waals surface area contributed by atoms with E-state index in [1.165, 1.54) is 12.1 Å². The van der Waals surface area contributed by atoms with Crippen LogP contribution >= 0.6 is 11.6 Å². The maximum atomic E-state index is 12.4. The summed E-state index contributed by atoms with van der Waals surface area (Å²) < 4.78 is 22.5. The first-order chi connectivity index (χ1) is 12.7. The van der Waals surface area contributed by atoms with Gasteiger partial charge < -0.3 is 5.32 Å². The summed E-state index contributed by atoms with van der Waals surface area (Å²) >= 11 is 6.17. The SMILES string of the molecule is CC(C(=O)NCCc1ccc(S(N)(=O)=O)cc1)N(C)Cc1ccccc1Cl. The maximum absolute atomic E-state index is 12.4. The fourth-order valence-corrected chi connectivity index (χ4v) is 3.27. The fourth-order valence-electron chi connectivity index (χ4n) is 2.56. The molecule has 3 N–H and O–H groups in total. The second kappa shape index (κ2) is 9.32. The van der Waals surface area contributed by atoms with Crippen LogP contribution in [0, 0.1) is 0 Å². The van der Waals surface area contributed by atoms with Crippen LogP contribution in [-0.2, 0) is 27.8 Å². The Morgan fingerprint density at radius 1 is 1.19 bits per heavy atom. The van der Waals surface area contributed by atoms with Crippen LogP contribution in [0.3, 0.4) is 0 Å². The van der Waals surface area contributed by atoms with Gasteiger partial charge in [0.05, 0.1) is 10.9 Å². The molecule has 0 aliphatic heterocycles. The normalized spacial score (nSPS) is 12.8. The summed E-state index contributed by atoms with van der Waals surface area (Å²) in [5.74, 6) is -0.0780. The minimum absolute atomic E-state index is 0.0742. The number of halogens is 1. The number of hydrogen-bond acceptors (Lipinski definition) is 4. The molecule has 8 heteroatoms. The van der Waals surface area contributed by atoms with E-state index in [9.17, 15) is 13.2 Å². The number of primary sulfonamides is 1. The predicted molar refractivity (Wildman–Crippen MR) is 107 cm³/mol. The van der Waals surface area contributed by atoms with E-state index in [2.05, 4.69) is 5.32 Å². The minimum atomic E-state index is -3.69. The zero-order valence-corrected chi connectivity index (χ0v) is 16.9. The summed E-state index contributed by atoms with van der Waals surface area (Å²) in [7, 11) is -1.81. The van der Waals surface area contributed by atoms with Crippen molar-refractivity contribution in [2.75, 3.05) is 13.6 Å². The molecule has 0 spiro atoms. The summed E-state index contributed by atoms with van der Waals surface area (Å²) in [6, 6.07) is 13.6. The predicted octanol–water partition coefficient (Wildman–Crippen LogP) is 2.17. The summed E-state index contributed by atoms with van der Waals surface area (Å²) in [4.78, 5) is 14.4. The third kappa shape index (κ3) is 6.32. The van der Waals surface area contributed by atoms with Crippen molar-refractivity contribution in [2.45, 2.75) is 30.8 Å². The number of amides is 1. The van der Waals surface area contributed by atoms with Gasteiger partial charge >= 0.3 is 0 Å².